The third kappa shape index (κ3) is 4.00. The summed E-state index contributed by atoms with van der Waals surface area (Å²) in [5.74, 6) is -0.361. The average Bonchev–Trinajstić information content (AvgIpc) is 2.93. The van der Waals surface area contributed by atoms with Crippen LogP contribution in [0.3, 0.4) is 0 Å². The van der Waals surface area contributed by atoms with Gasteiger partial charge in [0.05, 0.1) is 21.4 Å². The molecule has 0 saturated carbocycles. The molecular formula is C14H13Cl2F3N4O2S2. The first kappa shape index (κ1) is 21.7. The molecular weight excluding hydrogens is 448 g/mol. The molecule has 2 rings (SSSR count). The highest BCUT2D eigenvalue weighted by Crippen LogP contribution is 2.39. The van der Waals surface area contributed by atoms with Gasteiger partial charge in [-0.05, 0) is 12.1 Å². The molecule has 0 unspecified atom stereocenters. The van der Waals surface area contributed by atoms with Crippen molar-refractivity contribution in [3.63, 3.8) is 0 Å². The monoisotopic (exact) mass is 460 g/mol. The van der Waals surface area contributed by atoms with Crippen molar-refractivity contribution >= 4 is 56.1 Å². The zero-order chi connectivity index (χ0) is 20.7. The van der Waals surface area contributed by atoms with Crippen molar-refractivity contribution < 1.29 is 21.6 Å². The van der Waals surface area contributed by atoms with Crippen molar-refractivity contribution in [2.45, 2.75) is 18.0 Å². The summed E-state index contributed by atoms with van der Waals surface area (Å²) in [4.78, 5) is -0.594. The van der Waals surface area contributed by atoms with Gasteiger partial charge >= 0.3 is 6.18 Å². The van der Waals surface area contributed by atoms with E-state index in [1.165, 1.54) is 14.0 Å². The number of alkyl halides is 3. The highest BCUT2D eigenvalue weighted by atomic mass is 35.5. The number of halogens is 5. The molecule has 2 aromatic rings. The van der Waals surface area contributed by atoms with E-state index < -0.39 is 21.6 Å². The Morgan fingerprint density at radius 3 is 2.22 bits per heavy atom. The van der Waals surface area contributed by atoms with Gasteiger partial charge in [0, 0.05) is 7.05 Å². The smallest absolute Gasteiger partial charge is 0.388 e. The Balaban J connectivity index is 2.89. The predicted octanol–water partition coefficient (Wildman–Crippen LogP) is 3.67. The quantitative estimate of drug-likeness (QED) is 0.661. The van der Waals surface area contributed by atoms with E-state index in [9.17, 15) is 21.6 Å². The topological polar surface area (TPSA) is 90.0 Å². The van der Waals surface area contributed by atoms with E-state index in [-0.39, 0.29) is 42.9 Å². The fourth-order valence-corrected chi connectivity index (χ4v) is 4.39. The van der Waals surface area contributed by atoms with Crippen molar-refractivity contribution in [3.8, 4) is 5.69 Å². The largest absolute Gasteiger partial charge is 0.416 e. The normalized spacial score (nSPS) is 12.3. The van der Waals surface area contributed by atoms with Crippen LogP contribution in [0.4, 0.5) is 19.0 Å². The van der Waals surface area contributed by atoms with Crippen molar-refractivity contribution in [1.82, 2.24) is 9.78 Å². The van der Waals surface area contributed by atoms with E-state index in [1.807, 2.05) is 0 Å². The number of thiocarbonyl (C=S) groups is 1. The number of aromatic nitrogens is 2. The first-order valence-electron chi connectivity index (χ1n) is 7.25. The molecule has 0 radical (unpaired) electrons. The predicted molar refractivity (Wildman–Crippen MR) is 102 cm³/mol. The third-order valence-electron chi connectivity index (χ3n) is 3.56. The number of hydrogen-bond donors (Lipinski definition) is 2. The van der Waals surface area contributed by atoms with Gasteiger partial charge in [-0.25, -0.2) is 13.1 Å². The van der Waals surface area contributed by atoms with E-state index in [4.69, 9.17) is 41.2 Å². The van der Waals surface area contributed by atoms with Crippen LogP contribution in [0, 0.1) is 0 Å². The molecule has 148 valence electrons. The molecule has 0 aliphatic rings. The molecule has 0 fully saturated rings. The van der Waals surface area contributed by atoms with Gasteiger partial charge in [-0.2, -0.15) is 18.3 Å². The first-order chi connectivity index (χ1) is 12.3. The molecule has 0 bridgehead atoms. The molecule has 1 aromatic carbocycles. The minimum absolute atomic E-state index is 0.0804. The summed E-state index contributed by atoms with van der Waals surface area (Å²) >= 11 is 16.9. The van der Waals surface area contributed by atoms with Gasteiger partial charge in [-0.3, -0.25) is 0 Å². The number of rotatable bonds is 5. The van der Waals surface area contributed by atoms with Crippen LogP contribution in [0.2, 0.25) is 10.0 Å². The van der Waals surface area contributed by atoms with Crippen molar-refractivity contribution in [2.75, 3.05) is 18.1 Å². The van der Waals surface area contributed by atoms with Crippen LogP contribution in [0.15, 0.2) is 17.0 Å². The molecule has 1 heterocycles. The molecule has 13 heteroatoms. The summed E-state index contributed by atoms with van der Waals surface area (Å²) < 4.78 is 64.8. The van der Waals surface area contributed by atoms with Crippen LogP contribution >= 0.6 is 35.4 Å². The summed E-state index contributed by atoms with van der Waals surface area (Å²) in [6.07, 6.45) is -4.66. The number of nitrogens with one attached hydrogen (secondary N) is 1. The van der Waals surface area contributed by atoms with Crippen molar-refractivity contribution in [1.29, 1.82) is 0 Å². The number of nitrogens with zero attached hydrogens (tertiary/aromatic N) is 2. The Labute approximate surface area is 168 Å². The second kappa shape index (κ2) is 7.46. The molecule has 3 N–H and O–H groups in total. The number of anilines is 1. The van der Waals surface area contributed by atoms with Crippen LogP contribution in [-0.2, 0) is 16.0 Å². The van der Waals surface area contributed by atoms with Gasteiger partial charge in [0.2, 0.25) is 0 Å². The Morgan fingerprint density at radius 1 is 1.33 bits per heavy atom. The van der Waals surface area contributed by atoms with Gasteiger partial charge in [0.15, 0.2) is 9.84 Å². The molecule has 6 nitrogen and oxygen atoms in total. The highest BCUT2D eigenvalue weighted by Gasteiger charge is 2.34. The van der Waals surface area contributed by atoms with Gasteiger partial charge in [-0.1, -0.05) is 42.3 Å². The van der Waals surface area contributed by atoms with Gasteiger partial charge < -0.3 is 11.1 Å². The number of hydrogen-bond acceptors (Lipinski definition) is 5. The van der Waals surface area contributed by atoms with Crippen LogP contribution < -0.4 is 11.1 Å². The fourth-order valence-electron chi connectivity index (χ4n) is 2.32. The summed E-state index contributed by atoms with van der Waals surface area (Å²) in [6, 6.07) is 1.33. The molecule has 0 atom stereocenters. The maximum Gasteiger partial charge on any atom is 0.416 e. The Hall–Kier alpha value is -1.56. The maximum atomic E-state index is 12.9. The molecule has 0 saturated heterocycles. The fraction of sp³-hybridized carbons (Fsp3) is 0.286. The lowest BCUT2D eigenvalue weighted by Crippen LogP contribution is -2.16. The minimum Gasteiger partial charge on any atom is -0.388 e. The van der Waals surface area contributed by atoms with Crippen molar-refractivity contribution in [2.24, 2.45) is 5.73 Å². The van der Waals surface area contributed by atoms with E-state index in [2.05, 4.69) is 10.4 Å². The summed E-state index contributed by atoms with van der Waals surface area (Å²) in [7, 11) is -2.44. The van der Waals surface area contributed by atoms with Gasteiger partial charge in [0.1, 0.15) is 27.1 Å². The Morgan fingerprint density at radius 2 is 1.85 bits per heavy atom. The summed E-state index contributed by atoms with van der Waals surface area (Å²) in [5, 5.41) is 5.91. The molecule has 0 amide bonds. The van der Waals surface area contributed by atoms with Crippen LogP contribution in [0.5, 0.6) is 0 Å². The lowest BCUT2D eigenvalue weighted by atomic mass is 10.2. The average molecular weight is 461 g/mol. The molecule has 1 aromatic heterocycles. The first-order valence-corrected chi connectivity index (χ1v) is 10.1. The highest BCUT2D eigenvalue weighted by molar-refractivity contribution is 7.91. The third-order valence-corrected chi connectivity index (χ3v) is 6.10. The molecule has 0 spiro atoms. The lowest BCUT2D eigenvalue weighted by Gasteiger charge is -2.14. The standard InChI is InChI=1S/C14H13Cl2F3N4O2S2/c1-3-27(24,25)11-9(12(20)26)22-23(13(11)21-2)10-7(15)4-6(5-8(10)16)14(17,18)19/h4-5,21H,3H2,1-2H3,(H2,20,26). The Bertz CT molecular complexity index is 997. The van der Waals surface area contributed by atoms with Crippen LogP contribution in [0.1, 0.15) is 18.2 Å². The second-order valence-electron chi connectivity index (χ2n) is 5.24. The van der Waals surface area contributed by atoms with E-state index >= 15 is 0 Å². The Kier molecular flexibility index (Phi) is 6.00. The molecule has 27 heavy (non-hydrogen) atoms. The zero-order valence-corrected chi connectivity index (χ0v) is 17.0. The second-order valence-corrected chi connectivity index (χ2v) is 8.71. The zero-order valence-electron chi connectivity index (χ0n) is 13.9. The molecule has 0 aliphatic heterocycles. The summed E-state index contributed by atoms with van der Waals surface area (Å²) in [6.45, 7) is 1.41. The van der Waals surface area contributed by atoms with E-state index in [0.29, 0.717) is 12.1 Å². The van der Waals surface area contributed by atoms with Gasteiger partial charge in [0.25, 0.3) is 0 Å². The summed E-state index contributed by atoms with van der Waals surface area (Å²) in [5.41, 5.74) is 4.16. The van der Waals surface area contributed by atoms with Crippen molar-refractivity contribution in [3.05, 3.63) is 33.4 Å². The van der Waals surface area contributed by atoms with Crippen LogP contribution in [-0.4, -0.2) is 36.0 Å². The number of sulfone groups is 1. The SMILES string of the molecule is CCS(=O)(=O)c1c(C(N)=S)nn(-c2c(Cl)cc(C(F)(F)F)cc2Cl)c1NC. The van der Waals surface area contributed by atoms with E-state index in [1.54, 1.807) is 0 Å². The van der Waals surface area contributed by atoms with Crippen LogP contribution in [0.25, 0.3) is 5.69 Å². The maximum absolute atomic E-state index is 12.9. The number of nitrogens with two attached hydrogens (primary N) is 1. The minimum atomic E-state index is -4.66. The van der Waals surface area contributed by atoms with Gasteiger partial charge in [-0.15, -0.1) is 0 Å². The number of benzene rings is 1. The molecule has 0 aliphatic carbocycles. The lowest BCUT2D eigenvalue weighted by molar-refractivity contribution is -0.137. The van der Waals surface area contributed by atoms with E-state index in [0.717, 1.165) is 4.68 Å².